The molecule has 1 atom stereocenters. The van der Waals surface area contributed by atoms with Gasteiger partial charge in [-0.1, -0.05) is 12.1 Å². The molecule has 0 spiro atoms. The smallest absolute Gasteiger partial charge is 0.255 e. The zero-order chi connectivity index (χ0) is 14.4. The number of ether oxygens (including phenoxy) is 1. The summed E-state index contributed by atoms with van der Waals surface area (Å²) >= 11 is 0. The molecule has 0 aliphatic heterocycles. The first kappa shape index (κ1) is 14.2. The monoisotopic (exact) mass is 273 g/mol. The molecule has 1 N–H and O–H groups in total. The summed E-state index contributed by atoms with van der Waals surface area (Å²) in [6.45, 7) is 1.98. The van der Waals surface area contributed by atoms with Crippen LogP contribution >= 0.6 is 0 Å². The van der Waals surface area contributed by atoms with E-state index in [-0.39, 0.29) is 11.9 Å². The Kier molecular flexibility index (Phi) is 4.82. The predicted octanol–water partition coefficient (Wildman–Crippen LogP) is 3.04. The van der Waals surface area contributed by atoms with E-state index in [4.69, 9.17) is 9.15 Å². The standard InChI is InChI=1S/C16H19NO3/c1-12(9-10-13-6-5-11-20-13)17-16(18)14-7-3-4-8-15(14)19-2/h3-8,11-12H,9-10H2,1-2H3,(H,17,18)/t12-/m0/s1. The number of para-hydroxylation sites is 1. The highest BCUT2D eigenvalue weighted by atomic mass is 16.5. The molecular weight excluding hydrogens is 254 g/mol. The molecule has 0 saturated heterocycles. The van der Waals surface area contributed by atoms with Crippen LogP contribution in [0.25, 0.3) is 0 Å². The molecule has 0 radical (unpaired) electrons. The molecule has 20 heavy (non-hydrogen) atoms. The van der Waals surface area contributed by atoms with Gasteiger partial charge < -0.3 is 14.5 Å². The van der Waals surface area contributed by atoms with Crippen molar-refractivity contribution in [2.75, 3.05) is 7.11 Å². The number of carbonyl (C=O) groups is 1. The lowest BCUT2D eigenvalue weighted by atomic mass is 10.1. The zero-order valence-electron chi connectivity index (χ0n) is 11.8. The van der Waals surface area contributed by atoms with Crippen molar-refractivity contribution >= 4 is 5.91 Å². The summed E-state index contributed by atoms with van der Waals surface area (Å²) in [7, 11) is 1.56. The Balaban J connectivity index is 1.90. The van der Waals surface area contributed by atoms with Crippen LogP contribution in [0.2, 0.25) is 0 Å². The van der Waals surface area contributed by atoms with Crippen LogP contribution in [0.1, 0.15) is 29.5 Å². The van der Waals surface area contributed by atoms with Crippen LogP contribution in [-0.2, 0) is 6.42 Å². The van der Waals surface area contributed by atoms with Gasteiger partial charge in [-0.2, -0.15) is 0 Å². The molecule has 0 unspecified atom stereocenters. The molecule has 2 aromatic rings. The summed E-state index contributed by atoms with van der Waals surface area (Å²) in [5, 5.41) is 2.97. The lowest BCUT2D eigenvalue weighted by molar-refractivity contribution is 0.0935. The molecule has 4 nitrogen and oxygen atoms in total. The van der Waals surface area contributed by atoms with Crippen LogP contribution in [0.5, 0.6) is 5.75 Å². The maximum atomic E-state index is 12.2. The molecule has 4 heteroatoms. The van der Waals surface area contributed by atoms with Gasteiger partial charge in [-0.3, -0.25) is 4.79 Å². The maximum absolute atomic E-state index is 12.2. The Hall–Kier alpha value is -2.23. The predicted molar refractivity (Wildman–Crippen MR) is 77.0 cm³/mol. The maximum Gasteiger partial charge on any atom is 0.255 e. The van der Waals surface area contributed by atoms with Gasteiger partial charge in [-0.25, -0.2) is 0 Å². The van der Waals surface area contributed by atoms with E-state index in [1.54, 1.807) is 25.5 Å². The number of benzene rings is 1. The van der Waals surface area contributed by atoms with Crippen LogP contribution in [0.3, 0.4) is 0 Å². The molecule has 1 aromatic carbocycles. The van der Waals surface area contributed by atoms with Gasteiger partial charge in [-0.15, -0.1) is 0 Å². The largest absolute Gasteiger partial charge is 0.496 e. The van der Waals surface area contributed by atoms with Gasteiger partial charge in [0.15, 0.2) is 0 Å². The highest BCUT2D eigenvalue weighted by Crippen LogP contribution is 2.17. The molecule has 0 aliphatic rings. The number of hydrogen-bond donors (Lipinski definition) is 1. The van der Waals surface area contributed by atoms with Crippen molar-refractivity contribution in [3.05, 3.63) is 54.0 Å². The van der Waals surface area contributed by atoms with E-state index in [2.05, 4.69) is 5.32 Å². The average Bonchev–Trinajstić information content (AvgIpc) is 2.98. The average molecular weight is 273 g/mol. The second-order valence-electron chi connectivity index (χ2n) is 4.69. The van der Waals surface area contributed by atoms with Crippen LogP contribution in [0.15, 0.2) is 47.1 Å². The summed E-state index contributed by atoms with van der Waals surface area (Å²) < 4.78 is 10.5. The van der Waals surface area contributed by atoms with Gasteiger partial charge in [-0.05, 0) is 37.6 Å². The van der Waals surface area contributed by atoms with Crippen LogP contribution < -0.4 is 10.1 Å². The number of amides is 1. The minimum Gasteiger partial charge on any atom is -0.496 e. The second kappa shape index (κ2) is 6.80. The summed E-state index contributed by atoms with van der Waals surface area (Å²) in [4.78, 5) is 12.2. The fourth-order valence-electron chi connectivity index (χ4n) is 2.02. The van der Waals surface area contributed by atoms with E-state index >= 15 is 0 Å². The van der Waals surface area contributed by atoms with E-state index in [0.29, 0.717) is 11.3 Å². The van der Waals surface area contributed by atoms with Gasteiger partial charge in [0.05, 0.1) is 18.9 Å². The second-order valence-corrected chi connectivity index (χ2v) is 4.69. The van der Waals surface area contributed by atoms with Gasteiger partial charge >= 0.3 is 0 Å². The van der Waals surface area contributed by atoms with Crippen LogP contribution in [0.4, 0.5) is 0 Å². The van der Waals surface area contributed by atoms with Crippen molar-refractivity contribution < 1.29 is 13.9 Å². The third kappa shape index (κ3) is 3.63. The molecule has 1 amide bonds. The first-order valence-electron chi connectivity index (χ1n) is 6.67. The Morgan fingerprint density at radius 1 is 1.30 bits per heavy atom. The van der Waals surface area contributed by atoms with Gasteiger partial charge in [0.2, 0.25) is 0 Å². The highest BCUT2D eigenvalue weighted by molar-refractivity contribution is 5.97. The van der Waals surface area contributed by atoms with Crippen molar-refractivity contribution in [3.63, 3.8) is 0 Å². The van der Waals surface area contributed by atoms with E-state index < -0.39 is 0 Å². The fraction of sp³-hybridized carbons (Fsp3) is 0.312. The Morgan fingerprint density at radius 3 is 2.80 bits per heavy atom. The van der Waals surface area contributed by atoms with Crippen molar-refractivity contribution in [1.29, 1.82) is 0 Å². The minimum absolute atomic E-state index is 0.0671. The Bertz CT molecular complexity index is 549. The zero-order valence-corrected chi connectivity index (χ0v) is 11.8. The van der Waals surface area contributed by atoms with E-state index in [0.717, 1.165) is 18.6 Å². The Labute approximate surface area is 118 Å². The normalized spacial score (nSPS) is 11.9. The van der Waals surface area contributed by atoms with Gasteiger partial charge in [0, 0.05) is 12.5 Å². The lowest BCUT2D eigenvalue weighted by Crippen LogP contribution is -2.33. The number of rotatable bonds is 6. The third-order valence-electron chi connectivity index (χ3n) is 3.13. The Morgan fingerprint density at radius 2 is 2.10 bits per heavy atom. The molecule has 1 heterocycles. The summed E-state index contributed by atoms with van der Waals surface area (Å²) in [6.07, 6.45) is 3.29. The first-order chi connectivity index (χ1) is 9.70. The molecule has 0 fully saturated rings. The van der Waals surface area contributed by atoms with Crippen molar-refractivity contribution in [3.8, 4) is 5.75 Å². The lowest BCUT2D eigenvalue weighted by Gasteiger charge is -2.14. The number of nitrogens with one attached hydrogen (secondary N) is 1. The summed E-state index contributed by atoms with van der Waals surface area (Å²) in [6, 6.07) is 11.1. The van der Waals surface area contributed by atoms with Crippen molar-refractivity contribution in [2.45, 2.75) is 25.8 Å². The molecule has 0 bridgehead atoms. The SMILES string of the molecule is COc1ccccc1C(=O)N[C@@H](C)CCc1ccco1. The first-order valence-corrected chi connectivity index (χ1v) is 6.67. The van der Waals surface area contributed by atoms with Gasteiger partial charge in [0.1, 0.15) is 11.5 Å². The third-order valence-corrected chi connectivity index (χ3v) is 3.13. The summed E-state index contributed by atoms with van der Waals surface area (Å²) in [5.74, 6) is 1.40. The number of aryl methyl sites for hydroxylation is 1. The molecule has 106 valence electrons. The van der Waals surface area contributed by atoms with Crippen LogP contribution in [0, 0.1) is 0 Å². The number of hydrogen-bond acceptors (Lipinski definition) is 3. The molecule has 1 aromatic heterocycles. The van der Waals surface area contributed by atoms with E-state index in [9.17, 15) is 4.79 Å². The van der Waals surface area contributed by atoms with Crippen molar-refractivity contribution in [1.82, 2.24) is 5.32 Å². The van der Waals surface area contributed by atoms with E-state index in [1.807, 2.05) is 31.2 Å². The van der Waals surface area contributed by atoms with Crippen molar-refractivity contribution in [2.24, 2.45) is 0 Å². The summed E-state index contributed by atoms with van der Waals surface area (Å²) in [5.41, 5.74) is 0.555. The molecular formula is C16H19NO3. The fourth-order valence-corrected chi connectivity index (χ4v) is 2.02. The number of methoxy groups -OCH3 is 1. The van der Waals surface area contributed by atoms with Gasteiger partial charge in [0.25, 0.3) is 5.91 Å². The molecule has 0 aliphatic carbocycles. The quantitative estimate of drug-likeness (QED) is 0.880. The van der Waals surface area contributed by atoms with E-state index in [1.165, 1.54) is 0 Å². The number of furan rings is 1. The topological polar surface area (TPSA) is 51.5 Å². The number of carbonyl (C=O) groups excluding carboxylic acids is 1. The highest BCUT2D eigenvalue weighted by Gasteiger charge is 2.14. The molecule has 2 rings (SSSR count). The molecule has 0 saturated carbocycles. The minimum atomic E-state index is -0.116. The van der Waals surface area contributed by atoms with Crippen LogP contribution in [-0.4, -0.2) is 19.1 Å².